The third-order valence-electron chi connectivity index (χ3n) is 4.04. The minimum absolute atomic E-state index is 0.0531. The number of aliphatic carboxylic acids is 1. The third kappa shape index (κ3) is 2.49. The number of para-hydroxylation sites is 1. The number of nitrogens with zero attached hydrogens (tertiary/aromatic N) is 3. The summed E-state index contributed by atoms with van der Waals surface area (Å²) in [4.78, 5) is 24.9. The largest absolute Gasteiger partial charge is 0.481 e. The maximum atomic E-state index is 12.3. The number of aryl methyl sites for hydroxylation is 1. The van der Waals surface area contributed by atoms with E-state index in [0.29, 0.717) is 19.5 Å². The van der Waals surface area contributed by atoms with Crippen molar-refractivity contribution < 1.29 is 14.7 Å². The van der Waals surface area contributed by atoms with Gasteiger partial charge in [0, 0.05) is 25.5 Å². The first kappa shape index (κ1) is 13.6. The molecule has 6 nitrogen and oxygen atoms in total. The molecule has 0 spiro atoms. The molecule has 1 aliphatic rings. The number of rotatable bonds is 3. The molecular weight excluding hydrogens is 270 g/mol. The monoisotopic (exact) mass is 287 g/mol. The van der Waals surface area contributed by atoms with Crippen LogP contribution in [0.3, 0.4) is 0 Å². The number of likely N-dealkylation sites (tertiary alicyclic amines) is 1. The van der Waals surface area contributed by atoms with Crippen molar-refractivity contribution in [1.29, 1.82) is 0 Å². The highest BCUT2D eigenvalue weighted by Crippen LogP contribution is 2.21. The third-order valence-corrected chi connectivity index (χ3v) is 4.04. The van der Waals surface area contributed by atoms with E-state index in [0.717, 1.165) is 16.6 Å². The van der Waals surface area contributed by atoms with E-state index in [1.165, 1.54) is 0 Å². The van der Waals surface area contributed by atoms with E-state index < -0.39 is 11.9 Å². The Labute approximate surface area is 122 Å². The Morgan fingerprint density at radius 2 is 2.14 bits per heavy atom. The molecule has 1 aliphatic heterocycles. The van der Waals surface area contributed by atoms with Crippen LogP contribution in [0.15, 0.2) is 24.3 Å². The van der Waals surface area contributed by atoms with Crippen molar-refractivity contribution in [3.63, 3.8) is 0 Å². The molecular formula is C15H17N3O3. The molecule has 3 rings (SSSR count). The highest BCUT2D eigenvalue weighted by atomic mass is 16.4. The van der Waals surface area contributed by atoms with Crippen molar-refractivity contribution in [2.45, 2.75) is 12.8 Å². The Hall–Kier alpha value is -2.37. The topological polar surface area (TPSA) is 75.4 Å². The zero-order chi connectivity index (χ0) is 15.0. The molecule has 1 N–H and O–H groups in total. The number of fused-ring (bicyclic) bond motifs is 1. The van der Waals surface area contributed by atoms with Crippen molar-refractivity contribution >= 4 is 22.8 Å². The molecule has 110 valence electrons. The SMILES string of the molecule is Cn1nc(CC(=O)N2CCC(C(=O)O)C2)c2ccccc21. The predicted octanol–water partition coefficient (Wildman–Crippen LogP) is 1.05. The van der Waals surface area contributed by atoms with Crippen LogP contribution in [-0.4, -0.2) is 44.8 Å². The van der Waals surface area contributed by atoms with Crippen molar-refractivity contribution in [3.05, 3.63) is 30.0 Å². The van der Waals surface area contributed by atoms with Gasteiger partial charge in [-0.1, -0.05) is 18.2 Å². The summed E-state index contributed by atoms with van der Waals surface area (Å²) < 4.78 is 1.77. The van der Waals surface area contributed by atoms with E-state index >= 15 is 0 Å². The smallest absolute Gasteiger partial charge is 0.308 e. The lowest BCUT2D eigenvalue weighted by atomic mass is 10.1. The number of carboxylic acid groups (broad SMARTS) is 1. The first-order valence-electron chi connectivity index (χ1n) is 6.97. The minimum atomic E-state index is -0.825. The molecule has 0 radical (unpaired) electrons. The number of hydrogen-bond acceptors (Lipinski definition) is 3. The molecule has 2 aromatic rings. The molecule has 1 amide bonds. The number of carbonyl (C=O) groups excluding carboxylic acids is 1. The standard InChI is InChI=1S/C15H17N3O3/c1-17-13-5-3-2-4-11(13)12(16-17)8-14(19)18-7-6-10(9-18)15(20)21/h2-5,10H,6-9H2,1H3,(H,20,21). The van der Waals surface area contributed by atoms with E-state index in [1.54, 1.807) is 9.58 Å². The van der Waals surface area contributed by atoms with Gasteiger partial charge in [0.1, 0.15) is 0 Å². The fourth-order valence-corrected chi connectivity index (χ4v) is 2.86. The van der Waals surface area contributed by atoms with Crippen molar-refractivity contribution in [2.24, 2.45) is 13.0 Å². The molecule has 1 fully saturated rings. The zero-order valence-electron chi connectivity index (χ0n) is 11.8. The second kappa shape index (κ2) is 5.20. The second-order valence-electron chi connectivity index (χ2n) is 5.43. The number of carboxylic acids is 1. The van der Waals surface area contributed by atoms with Crippen molar-refractivity contribution in [2.75, 3.05) is 13.1 Å². The van der Waals surface area contributed by atoms with E-state index in [4.69, 9.17) is 5.11 Å². The molecule has 0 aliphatic carbocycles. The number of hydrogen-bond donors (Lipinski definition) is 1. The van der Waals surface area contributed by atoms with Gasteiger partial charge in [0.2, 0.25) is 5.91 Å². The van der Waals surface area contributed by atoms with E-state index in [9.17, 15) is 9.59 Å². The Bertz CT molecular complexity index is 707. The van der Waals surface area contributed by atoms with Crippen LogP contribution in [0.2, 0.25) is 0 Å². The molecule has 2 heterocycles. The first-order chi connectivity index (χ1) is 10.1. The van der Waals surface area contributed by atoms with Gasteiger partial charge in [0.05, 0.1) is 23.5 Å². The quantitative estimate of drug-likeness (QED) is 0.915. The Balaban J connectivity index is 1.77. The van der Waals surface area contributed by atoms with Gasteiger partial charge in [-0.05, 0) is 12.5 Å². The van der Waals surface area contributed by atoms with Crippen LogP contribution in [0.1, 0.15) is 12.1 Å². The van der Waals surface area contributed by atoms with E-state index in [1.807, 2.05) is 31.3 Å². The van der Waals surface area contributed by atoms with E-state index in [-0.39, 0.29) is 12.3 Å². The number of benzene rings is 1. The fraction of sp³-hybridized carbons (Fsp3) is 0.400. The molecule has 1 unspecified atom stereocenters. The lowest BCUT2D eigenvalue weighted by molar-refractivity contribution is -0.141. The van der Waals surface area contributed by atoms with Gasteiger partial charge in [-0.3, -0.25) is 14.3 Å². The predicted molar refractivity (Wildman–Crippen MR) is 76.7 cm³/mol. The molecule has 1 saturated heterocycles. The molecule has 1 aromatic carbocycles. The van der Waals surface area contributed by atoms with Gasteiger partial charge in [-0.2, -0.15) is 5.10 Å². The summed E-state index contributed by atoms with van der Waals surface area (Å²) in [6, 6.07) is 7.78. The van der Waals surface area contributed by atoms with Crippen LogP contribution in [-0.2, 0) is 23.1 Å². The lowest BCUT2D eigenvalue weighted by Gasteiger charge is -2.15. The Kier molecular flexibility index (Phi) is 3.37. The summed E-state index contributed by atoms with van der Waals surface area (Å²) in [5, 5.41) is 14.4. The van der Waals surface area contributed by atoms with Crippen molar-refractivity contribution in [3.8, 4) is 0 Å². The van der Waals surface area contributed by atoms with Gasteiger partial charge >= 0.3 is 5.97 Å². The molecule has 0 bridgehead atoms. The first-order valence-corrected chi connectivity index (χ1v) is 6.97. The Morgan fingerprint density at radius 3 is 2.86 bits per heavy atom. The number of amides is 1. The van der Waals surface area contributed by atoms with Gasteiger partial charge in [0.15, 0.2) is 0 Å². The summed E-state index contributed by atoms with van der Waals surface area (Å²) >= 11 is 0. The molecule has 0 saturated carbocycles. The van der Waals surface area contributed by atoms with Gasteiger partial charge in [-0.25, -0.2) is 0 Å². The summed E-state index contributed by atoms with van der Waals surface area (Å²) in [7, 11) is 1.85. The lowest BCUT2D eigenvalue weighted by Crippen LogP contribution is -2.31. The van der Waals surface area contributed by atoms with Crippen LogP contribution in [0.5, 0.6) is 0 Å². The van der Waals surface area contributed by atoms with E-state index in [2.05, 4.69) is 5.10 Å². The summed E-state index contributed by atoms with van der Waals surface area (Å²) in [6.45, 7) is 0.819. The van der Waals surface area contributed by atoms with Crippen LogP contribution in [0.4, 0.5) is 0 Å². The highest BCUT2D eigenvalue weighted by Gasteiger charge is 2.31. The average Bonchev–Trinajstić information content (AvgIpc) is 3.06. The normalized spacial score (nSPS) is 18.3. The summed E-state index contributed by atoms with van der Waals surface area (Å²) in [5.74, 6) is -1.31. The van der Waals surface area contributed by atoms with Crippen LogP contribution in [0, 0.1) is 5.92 Å². The number of carbonyl (C=O) groups is 2. The summed E-state index contributed by atoms with van der Waals surface area (Å²) in [5.41, 5.74) is 1.74. The van der Waals surface area contributed by atoms with Gasteiger partial charge < -0.3 is 10.0 Å². The Morgan fingerprint density at radius 1 is 1.38 bits per heavy atom. The highest BCUT2D eigenvalue weighted by molar-refractivity contribution is 5.88. The number of aromatic nitrogens is 2. The molecule has 1 atom stereocenters. The summed E-state index contributed by atoms with van der Waals surface area (Å²) in [6.07, 6.45) is 0.748. The molecule has 21 heavy (non-hydrogen) atoms. The molecule has 6 heteroatoms. The zero-order valence-corrected chi connectivity index (χ0v) is 11.8. The molecule has 1 aromatic heterocycles. The fourth-order valence-electron chi connectivity index (χ4n) is 2.86. The van der Waals surface area contributed by atoms with Crippen molar-refractivity contribution in [1.82, 2.24) is 14.7 Å². The minimum Gasteiger partial charge on any atom is -0.481 e. The maximum Gasteiger partial charge on any atom is 0.308 e. The van der Waals surface area contributed by atoms with Crippen LogP contribution in [0.25, 0.3) is 10.9 Å². The second-order valence-corrected chi connectivity index (χ2v) is 5.43. The van der Waals surface area contributed by atoms with Crippen LogP contribution >= 0.6 is 0 Å². The van der Waals surface area contributed by atoms with Crippen LogP contribution < -0.4 is 0 Å². The van der Waals surface area contributed by atoms with Gasteiger partial charge in [0.25, 0.3) is 0 Å². The van der Waals surface area contributed by atoms with Gasteiger partial charge in [-0.15, -0.1) is 0 Å². The maximum absolute atomic E-state index is 12.3. The average molecular weight is 287 g/mol.